The second kappa shape index (κ2) is 11.9. The number of amides is 1. The fourth-order valence-electron chi connectivity index (χ4n) is 4.49. The Morgan fingerprint density at radius 3 is 2.26 bits per heavy atom. The molecular weight excluding hydrogens is 540 g/mol. The van der Waals surface area contributed by atoms with Crippen LogP contribution in [0.15, 0.2) is 39.7 Å². The van der Waals surface area contributed by atoms with Crippen LogP contribution in [0, 0.1) is 0 Å². The number of halogens is 2. The van der Waals surface area contributed by atoms with E-state index in [0.29, 0.717) is 5.75 Å². The number of methoxy groups -OCH3 is 1. The number of aryl methyl sites for hydroxylation is 2. The van der Waals surface area contributed by atoms with E-state index in [4.69, 9.17) is 16.3 Å². The fourth-order valence-corrected chi connectivity index (χ4v) is 7.03. The number of carbonyl (C=O) groups excluding carboxylic acids is 1. The predicted molar refractivity (Wildman–Crippen MR) is 140 cm³/mol. The summed E-state index contributed by atoms with van der Waals surface area (Å²) in [5.74, 6) is 0.0532. The number of benzene rings is 2. The van der Waals surface area contributed by atoms with Gasteiger partial charge in [0.1, 0.15) is 5.75 Å². The van der Waals surface area contributed by atoms with Crippen LogP contribution in [0.1, 0.15) is 57.1 Å². The predicted octanol–water partition coefficient (Wildman–Crippen LogP) is 6.20. The minimum Gasteiger partial charge on any atom is -0.495 e. The maximum atomic E-state index is 13.7. The van der Waals surface area contributed by atoms with Crippen LogP contribution in [-0.4, -0.2) is 38.3 Å². The van der Waals surface area contributed by atoms with Gasteiger partial charge in [0.2, 0.25) is 15.9 Å². The van der Waals surface area contributed by atoms with Crippen LogP contribution in [0.4, 0.5) is 5.69 Å². The molecule has 1 N–H and O–H groups in total. The van der Waals surface area contributed by atoms with Gasteiger partial charge in [-0.3, -0.25) is 4.79 Å². The van der Waals surface area contributed by atoms with Crippen molar-refractivity contribution in [1.82, 2.24) is 4.31 Å². The number of nitrogens with one attached hydrogen (secondary N) is 1. The van der Waals surface area contributed by atoms with Crippen molar-refractivity contribution in [3.05, 3.63) is 51.0 Å². The van der Waals surface area contributed by atoms with Gasteiger partial charge >= 0.3 is 0 Å². The zero-order chi connectivity index (χ0) is 24.9. The van der Waals surface area contributed by atoms with E-state index in [1.54, 1.807) is 0 Å². The smallest absolute Gasteiger partial charge is 0.243 e. The highest BCUT2D eigenvalue weighted by Crippen LogP contribution is 2.32. The maximum absolute atomic E-state index is 13.7. The Morgan fingerprint density at radius 2 is 1.74 bits per heavy atom. The zero-order valence-electron chi connectivity index (χ0n) is 19.9. The normalized spacial score (nSPS) is 14.9. The molecule has 9 heteroatoms. The molecule has 0 aromatic heterocycles. The van der Waals surface area contributed by atoms with E-state index < -0.39 is 10.0 Å². The van der Waals surface area contributed by atoms with Crippen molar-refractivity contribution >= 4 is 49.1 Å². The van der Waals surface area contributed by atoms with E-state index in [0.717, 1.165) is 66.2 Å². The molecule has 1 aliphatic carbocycles. The number of carbonyl (C=O) groups is 1. The van der Waals surface area contributed by atoms with E-state index in [-0.39, 0.29) is 28.4 Å². The average molecular weight is 572 g/mol. The van der Waals surface area contributed by atoms with Gasteiger partial charge in [-0.05, 0) is 67.1 Å². The molecule has 1 saturated carbocycles. The summed E-state index contributed by atoms with van der Waals surface area (Å²) in [7, 11) is -2.47. The number of ether oxygens (including phenoxy) is 1. The van der Waals surface area contributed by atoms with Gasteiger partial charge in [-0.15, -0.1) is 0 Å². The minimum absolute atomic E-state index is 0.0591. The van der Waals surface area contributed by atoms with Crippen molar-refractivity contribution < 1.29 is 17.9 Å². The molecule has 0 bridgehead atoms. The third-order valence-electron chi connectivity index (χ3n) is 6.30. The molecule has 2 aromatic carbocycles. The molecule has 1 amide bonds. The molecule has 1 fully saturated rings. The topological polar surface area (TPSA) is 75.7 Å². The van der Waals surface area contributed by atoms with Gasteiger partial charge in [0.15, 0.2) is 0 Å². The summed E-state index contributed by atoms with van der Waals surface area (Å²) < 4.78 is 34.9. The fraction of sp³-hybridized carbons (Fsp3) is 0.480. The van der Waals surface area contributed by atoms with Gasteiger partial charge in [-0.25, -0.2) is 8.42 Å². The largest absolute Gasteiger partial charge is 0.495 e. The first kappa shape index (κ1) is 27.0. The molecule has 0 unspecified atom stereocenters. The summed E-state index contributed by atoms with van der Waals surface area (Å²) in [6, 6.07) is 8.16. The Kier molecular flexibility index (Phi) is 9.43. The van der Waals surface area contributed by atoms with Crippen molar-refractivity contribution in [3.8, 4) is 5.75 Å². The minimum atomic E-state index is -3.95. The highest BCUT2D eigenvalue weighted by Gasteiger charge is 2.34. The number of rotatable bonds is 9. The Morgan fingerprint density at radius 1 is 1.12 bits per heavy atom. The van der Waals surface area contributed by atoms with Crippen molar-refractivity contribution in [3.63, 3.8) is 0 Å². The molecule has 0 radical (unpaired) electrons. The molecule has 0 heterocycles. The van der Waals surface area contributed by atoms with Crippen LogP contribution < -0.4 is 10.1 Å². The molecule has 0 spiro atoms. The Bertz CT molecular complexity index is 1110. The first-order chi connectivity index (χ1) is 16.2. The molecule has 3 rings (SSSR count). The van der Waals surface area contributed by atoms with Gasteiger partial charge in [0, 0.05) is 16.2 Å². The second-order valence-corrected chi connectivity index (χ2v) is 11.7. The summed E-state index contributed by atoms with van der Waals surface area (Å²) in [5.41, 5.74) is 2.79. The Balaban J connectivity index is 1.93. The highest BCUT2D eigenvalue weighted by atomic mass is 79.9. The van der Waals surface area contributed by atoms with Gasteiger partial charge in [0.05, 0.1) is 23.6 Å². The number of nitrogens with zero attached hydrogens (tertiary/aromatic N) is 1. The van der Waals surface area contributed by atoms with E-state index in [1.165, 1.54) is 29.6 Å². The standard InChI is InChI=1S/C25H32BrClN2O4S/c1-4-17-13-19(26)14-18(5-2)25(17)28-24(30)16-29(20-9-7-6-8-10-20)34(31,32)21-11-12-23(33-3)22(27)15-21/h11-15,20H,4-10,16H2,1-3H3,(H,28,30). The maximum Gasteiger partial charge on any atom is 0.243 e. The number of hydrogen-bond donors (Lipinski definition) is 1. The van der Waals surface area contributed by atoms with Crippen LogP contribution in [-0.2, 0) is 27.7 Å². The summed E-state index contributed by atoms with van der Waals surface area (Å²) in [4.78, 5) is 13.3. The first-order valence-electron chi connectivity index (χ1n) is 11.7. The molecule has 186 valence electrons. The highest BCUT2D eigenvalue weighted by molar-refractivity contribution is 9.10. The van der Waals surface area contributed by atoms with Crippen molar-refractivity contribution in [1.29, 1.82) is 0 Å². The van der Waals surface area contributed by atoms with Gasteiger partial charge in [-0.1, -0.05) is 60.6 Å². The molecular formula is C25H32BrClN2O4S. The third kappa shape index (κ3) is 6.14. The molecule has 0 aliphatic heterocycles. The zero-order valence-corrected chi connectivity index (χ0v) is 23.0. The molecule has 0 atom stereocenters. The van der Waals surface area contributed by atoms with E-state index in [2.05, 4.69) is 21.2 Å². The lowest BCUT2D eigenvalue weighted by atomic mass is 9.95. The molecule has 2 aromatic rings. The molecule has 1 aliphatic rings. The number of anilines is 1. The molecule has 34 heavy (non-hydrogen) atoms. The van der Waals surface area contributed by atoms with Crippen LogP contribution in [0.5, 0.6) is 5.75 Å². The lowest BCUT2D eigenvalue weighted by Crippen LogP contribution is -2.45. The Labute approximate surface area is 216 Å². The van der Waals surface area contributed by atoms with E-state index >= 15 is 0 Å². The summed E-state index contributed by atoms with van der Waals surface area (Å²) in [6.45, 7) is 3.81. The van der Waals surface area contributed by atoms with Crippen LogP contribution in [0.2, 0.25) is 5.02 Å². The summed E-state index contributed by atoms with van der Waals surface area (Å²) in [6.07, 6.45) is 5.91. The van der Waals surface area contributed by atoms with Crippen molar-refractivity contribution in [2.75, 3.05) is 19.0 Å². The lowest BCUT2D eigenvalue weighted by molar-refractivity contribution is -0.116. The van der Waals surface area contributed by atoms with Crippen molar-refractivity contribution in [2.45, 2.75) is 69.7 Å². The first-order valence-corrected chi connectivity index (χ1v) is 14.3. The number of hydrogen-bond acceptors (Lipinski definition) is 4. The quantitative estimate of drug-likeness (QED) is 0.389. The van der Waals surface area contributed by atoms with Gasteiger partial charge in [0.25, 0.3) is 0 Å². The SMILES string of the molecule is CCc1cc(Br)cc(CC)c1NC(=O)CN(C1CCCCC1)S(=O)(=O)c1ccc(OC)c(Cl)c1. The summed E-state index contributed by atoms with van der Waals surface area (Å²) in [5, 5.41) is 3.23. The monoisotopic (exact) mass is 570 g/mol. The molecule has 6 nitrogen and oxygen atoms in total. The molecule has 0 saturated heterocycles. The van der Waals surface area contributed by atoms with Crippen LogP contribution in [0.3, 0.4) is 0 Å². The Hall–Kier alpha value is -1.61. The third-order valence-corrected chi connectivity index (χ3v) is 8.95. The van der Waals surface area contributed by atoms with Crippen LogP contribution in [0.25, 0.3) is 0 Å². The van der Waals surface area contributed by atoms with Gasteiger partial charge < -0.3 is 10.1 Å². The van der Waals surface area contributed by atoms with Crippen LogP contribution >= 0.6 is 27.5 Å². The second-order valence-electron chi connectivity index (χ2n) is 8.49. The van der Waals surface area contributed by atoms with E-state index in [9.17, 15) is 13.2 Å². The number of sulfonamides is 1. The van der Waals surface area contributed by atoms with Crippen molar-refractivity contribution in [2.24, 2.45) is 0 Å². The summed E-state index contributed by atoms with van der Waals surface area (Å²) >= 11 is 9.76. The van der Waals surface area contributed by atoms with Gasteiger partial charge in [-0.2, -0.15) is 4.31 Å². The average Bonchev–Trinajstić information content (AvgIpc) is 2.83. The lowest BCUT2D eigenvalue weighted by Gasteiger charge is -2.33. The van der Waals surface area contributed by atoms with E-state index in [1.807, 2.05) is 26.0 Å².